The zero-order chi connectivity index (χ0) is 16.4. The average molecular weight is 327 g/mol. The van der Waals surface area contributed by atoms with Gasteiger partial charge in [-0.15, -0.1) is 0 Å². The van der Waals surface area contributed by atoms with Crippen LogP contribution < -0.4 is 9.80 Å². The standard InChI is InChI=1S/C18H25N5O/c24-13-7-18(6-5-8-19-18)15-14-16(22-9-1-2-10-22)21-17(20-15)23-11-3-4-12-23/h5-6,8,14,24H,1-4,7,9-13H2. The molecule has 24 heavy (non-hydrogen) atoms. The van der Waals surface area contributed by atoms with Gasteiger partial charge in [-0.05, 0) is 37.8 Å². The molecule has 0 bridgehead atoms. The molecule has 128 valence electrons. The second-order valence-electron chi connectivity index (χ2n) is 6.83. The zero-order valence-corrected chi connectivity index (χ0v) is 14.1. The largest absolute Gasteiger partial charge is 0.396 e. The van der Waals surface area contributed by atoms with E-state index in [2.05, 4.69) is 20.9 Å². The maximum absolute atomic E-state index is 9.54. The Morgan fingerprint density at radius 1 is 1.00 bits per heavy atom. The molecular weight excluding hydrogens is 302 g/mol. The highest BCUT2D eigenvalue weighted by Gasteiger charge is 2.33. The van der Waals surface area contributed by atoms with Gasteiger partial charge in [0, 0.05) is 51.5 Å². The monoisotopic (exact) mass is 327 g/mol. The highest BCUT2D eigenvalue weighted by molar-refractivity contribution is 5.75. The van der Waals surface area contributed by atoms with E-state index in [1.54, 1.807) is 0 Å². The number of aliphatic hydroxyl groups excluding tert-OH is 1. The van der Waals surface area contributed by atoms with Crippen molar-refractivity contribution in [3.05, 3.63) is 23.9 Å². The summed E-state index contributed by atoms with van der Waals surface area (Å²) in [4.78, 5) is 19.0. The molecule has 6 heteroatoms. The number of nitrogens with zero attached hydrogens (tertiary/aromatic N) is 5. The molecule has 2 fully saturated rings. The maximum atomic E-state index is 9.54. The van der Waals surface area contributed by atoms with Crippen molar-refractivity contribution in [2.45, 2.75) is 37.6 Å². The Bertz CT molecular complexity index is 599. The van der Waals surface area contributed by atoms with Crippen LogP contribution in [0.15, 0.2) is 23.2 Å². The minimum absolute atomic E-state index is 0.0871. The van der Waals surface area contributed by atoms with Gasteiger partial charge in [0.15, 0.2) is 0 Å². The number of rotatable bonds is 5. The molecule has 1 unspecified atom stereocenters. The molecule has 1 atom stereocenters. The molecule has 0 spiro atoms. The van der Waals surface area contributed by atoms with Crippen molar-refractivity contribution < 1.29 is 5.11 Å². The van der Waals surface area contributed by atoms with E-state index >= 15 is 0 Å². The summed E-state index contributed by atoms with van der Waals surface area (Å²) in [5.41, 5.74) is 0.362. The number of hydrogen-bond donors (Lipinski definition) is 1. The predicted molar refractivity (Wildman–Crippen MR) is 95.9 cm³/mol. The summed E-state index contributed by atoms with van der Waals surface area (Å²) in [6, 6.07) is 2.08. The summed E-state index contributed by atoms with van der Waals surface area (Å²) in [6.07, 6.45) is 11.2. The lowest BCUT2D eigenvalue weighted by Crippen LogP contribution is -2.28. The van der Waals surface area contributed by atoms with E-state index in [1.165, 1.54) is 25.7 Å². The van der Waals surface area contributed by atoms with Gasteiger partial charge in [-0.2, -0.15) is 4.98 Å². The fourth-order valence-corrected chi connectivity index (χ4v) is 3.83. The van der Waals surface area contributed by atoms with Crippen LogP contribution in [0.25, 0.3) is 0 Å². The molecule has 0 radical (unpaired) electrons. The van der Waals surface area contributed by atoms with Gasteiger partial charge in [-0.25, -0.2) is 4.98 Å². The van der Waals surface area contributed by atoms with Crippen LogP contribution in [-0.4, -0.2) is 54.1 Å². The topological polar surface area (TPSA) is 64.8 Å². The Kier molecular flexibility index (Phi) is 4.22. The maximum Gasteiger partial charge on any atom is 0.227 e. The lowest BCUT2D eigenvalue weighted by Gasteiger charge is -2.27. The summed E-state index contributed by atoms with van der Waals surface area (Å²) in [5, 5.41) is 9.54. The molecule has 4 heterocycles. The average Bonchev–Trinajstić information content (AvgIpc) is 3.36. The Morgan fingerprint density at radius 3 is 2.33 bits per heavy atom. The molecule has 0 aromatic carbocycles. The first-order valence-electron chi connectivity index (χ1n) is 9.04. The highest BCUT2D eigenvalue weighted by Crippen LogP contribution is 2.35. The fraction of sp³-hybridized carbons (Fsp3) is 0.611. The van der Waals surface area contributed by atoms with Crippen LogP contribution in [0.5, 0.6) is 0 Å². The molecule has 2 saturated heterocycles. The first-order valence-corrected chi connectivity index (χ1v) is 9.04. The Labute approximate surface area is 142 Å². The number of aliphatic imine (C=N–C) groups is 1. The van der Waals surface area contributed by atoms with Crippen LogP contribution in [0.2, 0.25) is 0 Å². The van der Waals surface area contributed by atoms with E-state index in [-0.39, 0.29) is 6.61 Å². The highest BCUT2D eigenvalue weighted by atomic mass is 16.3. The van der Waals surface area contributed by atoms with E-state index in [1.807, 2.05) is 18.4 Å². The first-order chi connectivity index (χ1) is 11.8. The number of aliphatic hydroxyl groups is 1. The van der Waals surface area contributed by atoms with Gasteiger partial charge < -0.3 is 14.9 Å². The minimum atomic E-state index is -0.541. The van der Waals surface area contributed by atoms with E-state index in [9.17, 15) is 5.11 Å². The molecule has 0 saturated carbocycles. The molecule has 1 N–H and O–H groups in total. The van der Waals surface area contributed by atoms with Gasteiger partial charge >= 0.3 is 0 Å². The smallest absolute Gasteiger partial charge is 0.227 e. The van der Waals surface area contributed by atoms with E-state index in [0.29, 0.717) is 6.42 Å². The van der Waals surface area contributed by atoms with Crippen molar-refractivity contribution in [3.8, 4) is 0 Å². The Morgan fingerprint density at radius 2 is 1.71 bits per heavy atom. The van der Waals surface area contributed by atoms with Crippen LogP contribution in [-0.2, 0) is 5.54 Å². The third kappa shape index (κ3) is 2.79. The van der Waals surface area contributed by atoms with Crippen LogP contribution in [0.3, 0.4) is 0 Å². The quantitative estimate of drug-likeness (QED) is 0.895. The van der Waals surface area contributed by atoms with Crippen molar-refractivity contribution in [2.24, 2.45) is 4.99 Å². The second-order valence-corrected chi connectivity index (χ2v) is 6.83. The lowest BCUT2D eigenvalue weighted by atomic mass is 9.92. The van der Waals surface area contributed by atoms with Crippen molar-refractivity contribution in [3.63, 3.8) is 0 Å². The second kappa shape index (κ2) is 6.51. The fourth-order valence-electron chi connectivity index (χ4n) is 3.83. The summed E-state index contributed by atoms with van der Waals surface area (Å²) in [5.74, 6) is 1.83. The zero-order valence-electron chi connectivity index (χ0n) is 14.1. The molecule has 6 nitrogen and oxygen atoms in total. The van der Waals surface area contributed by atoms with E-state index in [4.69, 9.17) is 9.97 Å². The lowest BCUT2D eigenvalue weighted by molar-refractivity contribution is 0.258. The summed E-state index contributed by atoms with van der Waals surface area (Å²) < 4.78 is 0. The van der Waals surface area contributed by atoms with Gasteiger partial charge in [-0.3, -0.25) is 4.99 Å². The normalized spacial score (nSPS) is 26.0. The molecule has 3 aliphatic rings. The van der Waals surface area contributed by atoms with Crippen molar-refractivity contribution >= 4 is 18.0 Å². The molecule has 4 rings (SSSR count). The van der Waals surface area contributed by atoms with Gasteiger partial charge in [0.2, 0.25) is 5.95 Å². The van der Waals surface area contributed by atoms with Crippen LogP contribution in [0, 0.1) is 0 Å². The summed E-state index contributed by atoms with van der Waals surface area (Å²) in [7, 11) is 0. The number of hydrogen-bond acceptors (Lipinski definition) is 6. The minimum Gasteiger partial charge on any atom is -0.396 e. The Balaban J connectivity index is 1.76. The van der Waals surface area contributed by atoms with Crippen molar-refractivity contribution in [1.29, 1.82) is 0 Å². The van der Waals surface area contributed by atoms with Gasteiger partial charge in [0.05, 0.1) is 5.69 Å². The van der Waals surface area contributed by atoms with E-state index < -0.39 is 5.54 Å². The van der Waals surface area contributed by atoms with Crippen LogP contribution in [0.4, 0.5) is 11.8 Å². The third-order valence-corrected chi connectivity index (χ3v) is 5.22. The number of allylic oxidation sites excluding steroid dienone is 1. The summed E-state index contributed by atoms with van der Waals surface area (Å²) >= 11 is 0. The molecule has 1 aromatic heterocycles. The predicted octanol–water partition coefficient (Wildman–Crippen LogP) is 1.90. The SMILES string of the molecule is OCCC1(c2cc(N3CCCC3)nc(N3CCCC3)n2)C=CC=N1. The molecule has 3 aliphatic heterocycles. The first kappa shape index (κ1) is 15.6. The number of anilines is 2. The van der Waals surface area contributed by atoms with Crippen molar-refractivity contribution in [1.82, 2.24) is 9.97 Å². The Hall–Kier alpha value is -1.95. The molecule has 1 aromatic rings. The summed E-state index contributed by atoms with van der Waals surface area (Å²) in [6.45, 7) is 4.25. The van der Waals surface area contributed by atoms with Crippen LogP contribution >= 0.6 is 0 Å². The van der Waals surface area contributed by atoms with Gasteiger partial charge in [0.1, 0.15) is 11.4 Å². The van der Waals surface area contributed by atoms with E-state index in [0.717, 1.165) is 43.6 Å². The van der Waals surface area contributed by atoms with Gasteiger partial charge in [0.25, 0.3) is 0 Å². The van der Waals surface area contributed by atoms with Crippen molar-refractivity contribution in [2.75, 3.05) is 42.6 Å². The molecular formula is C18H25N5O. The van der Waals surface area contributed by atoms with Gasteiger partial charge in [-0.1, -0.05) is 0 Å². The third-order valence-electron chi connectivity index (χ3n) is 5.22. The van der Waals surface area contributed by atoms with Crippen LogP contribution in [0.1, 0.15) is 37.8 Å². The number of aromatic nitrogens is 2. The molecule has 0 amide bonds. The molecule has 0 aliphatic carbocycles.